The summed E-state index contributed by atoms with van der Waals surface area (Å²) < 4.78 is 16.6. The molecule has 0 fully saturated rings. The van der Waals surface area contributed by atoms with E-state index in [4.69, 9.17) is 14.2 Å². The Morgan fingerprint density at radius 2 is 1.70 bits per heavy atom. The van der Waals surface area contributed by atoms with Gasteiger partial charge in [0.15, 0.2) is 11.5 Å². The number of hydrogen-bond donors (Lipinski definition) is 1. The molecule has 0 bridgehead atoms. The lowest BCUT2D eigenvalue weighted by Gasteiger charge is -2.42. The predicted octanol–water partition coefficient (Wildman–Crippen LogP) is 4.18. The number of rotatable bonds is 9. The molecule has 1 N–H and O–H groups in total. The normalized spacial score (nSPS) is 17.5. The van der Waals surface area contributed by atoms with Gasteiger partial charge in [-0.1, -0.05) is 39.0 Å². The maximum atomic E-state index is 13.6. The molecule has 3 rings (SSSR count). The highest BCUT2D eigenvalue weighted by Gasteiger charge is 2.44. The van der Waals surface area contributed by atoms with Crippen molar-refractivity contribution in [2.75, 3.05) is 34.4 Å². The van der Waals surface area contributed by atoms with Gasteiger partial charge in [0.05, 0.1) is 33.3 Å². The van der Waals surface area contributed by atoms with Crippen LogP contribution in [0.3, 0.4) is 0 Å². The van der Waals surface area contributed by atoms with E-state index < -0.39 is 12.0 Å². The molecule has 0 spiro atoms. The number of carbonyl (C=O) groups is 2. The van der Waals surface area contributed by atoms with Crippen molar-refractivity contribution in [1.29, 1.82) is 0 Å². The van der Waals surface area contributed by atoms with Crippen molar-refractivity contribution in [1.82, 2.24) is 10.2 Å². The first-order valence-corrected chi connectivity index (χ1v) is 11.3. The molecule has 1 heterocycles. The Morgan fingerprint density at radius 1 is 1.06 bits per heavy atom. The van der Waals surface area contributed by atoms with Gasteiger partial charge in [0, 0.05) is 18.7 Å². The van der Waals surface area contributed by atoms with Crippen molar-refractivity contribution in [3.05, 3.63) is 53.1 Å². The Hall–Kier alpha value is -3.22. The lowest BCUT2D eigenvalue weighted by Crippen LogP contribution is -2.48. The van der Waals surface area contributed by atoms with Crippen LogP contribution in [0, 0.1) is 5.92 Å². The maximum Gasteiger partial charge on any atom is 0.254 e. The smallest absolute Gasteiger partial charge is 0.254 e. The first kappa shape index (κ1) is 24.4. The Bertz CT molecular complexity index is 979. The van der Waals surface area contributed by atoms with Gasteiger partial charge in [-0.05, 0) is 41.7 Å². The molecule has 33 heavy (non-hydrogen) atoms. The van der Waals surface area contributed by atoms with Gasteiger partial charge in [-0.25, -0.2) is 0 Å². The number of fused-ring (bicyclic) bond motifs is 1. The number of carbonyl (C=O) groups excluding carboxylic acids is 2. The van der Waals surface area contributed by atoms with Gasteiger partial charge >= 0.3 is 0 Å². The Balaban J connectivity index is 2.24. The number of ether oxygens (including phenoxy) is 3. The Kier molecular flexibility index (Phi) is 7.84. The second kappa shape index (κ2) is 10.6. The molecule has 0 aromatic heterocycles. The molecular weight excluding hydrogens is 420 g/mol. The summed E-state index contributed by atoms with van der Waals surface area (Å²) in [5.74, 6) is 0.969. The van der Waals surface area contributed by atoms with Gasteiger partial charge < -0.3 is 24.4 Å². The average Bonchev–Trinajstić information content (AvgIpc) is 2.83. The van der Waals surface area contributed by atoms with E-state index in [0.29, 0.717) is 41.8 Å². The van der Waals surface area contributed by atoms with Crippen LogP contribution in [0.5, 0.6) is 17.2 Å². The number of amides is 2. The molecule has 178 valence electrons. The van der Waals surface area contributed by atoms with Crippen LogP contribution >= 0.6 is 0 Å². The molecule has 7 heteroatoms. The number of hydrogen-bond acceptors (Lipinski definition) is 5. The summed E-state index contributed by atoms with van der Waals surface area (Å²) in [6, 6.07) is 10.5. The SMILES string of the molecule is CCCN1C(=O)c2ccccc2C(C(=O)NCC(C)C)C1c1cc(OC)c(OC)c(OC)c1. The second-order valence-electron chi connectivity index (χ2n) is 8.61. The van der Waals surface area contributed by atoms with Gasteiger partial charge in [0.25, 0.3) is 5.91 Å². The molecule has 2 aromatic rings. The van der Waals surface area contributed by atoms with E-state index in [-0.39, 0.29) is 11.8 Å². The number of nitrogens with one attached hydrogen (secondary N) is 1. The Labute approximate surface area is 196 Å². The summed E-state index contributed by atoms with van der Waals surface area (Å²) in [5.41, 5.74) is 2.06. The first-order valence-electron chi connectivity index (χ1n) is 11.3. The van der Waals surface area contributed by atoms with E-state index in [1.807, 2.05) is 37.3 Å². The molecule has 2 aromatic carbocycles. The van der Waals surface area contributed by atoms with Gasteiger partial charge in [0.2, 0.25) is 11.7 Å². The molecule has 1 aliphatic heterocycles. The molecular formula is C26H34N2O5. The fourth-order valence-corrected chi connectivity index (χ4v) is 4.42. The van der Waals surface area contributed by atoms with Crippen LogP contribution in [-0.2, 0) is 4.79 Å². The number of nitrogens with zero attached hydrogens (tertiary/aromatic N) is 1. The first-order chi connectivity index (χ1) is 15.9. The van der Waals surface area contributed by atoms with Crippen LogP contribution in [0.2, 0.25) is 0 Å². The van der Waals surface area contributed by atoms with Crippen LogP contribution in [0.1, 0.15) is 60.6 Å². The molecule has 2 unspecified atom stereocenters. The molecule has 2 atom stereocenters. The van der Waals surface area contributed by atoms with Crippen molar-refractivity contribution in [2.24, 2.45) is 5.92 Å². The van der Waals surface area contributed by atoms with Crippen LogP contribution < -0.4 is 19.5 Å². The lowest BCUT2D eigenvalue weighted by atomic mass is 9.78. The third-order valence-corrected chi connectivity index (χ3v) is 5.90. The molecule has 0 saturated heterocycles. The third kappa shape index (κ3) is 4.77. The second-order valence-corrected chi connectivity index (χ2v) is 8.61. The van der Waals surface area contributed by atoms with E-state index >= 15 is 0 Å². The van der Waals surface area contributed by atoms with Gasteiger partial charge in [-0.3, -0.25) is 9.59 Å². The van der Waals surface area contributed by atoms with E-state index in [9.17, 15) is 9.59 Å². The highest BCUT2D eigenvalue weighted by Crippen LogP contribution is 2.47. The highest BCUT2D eigenvalue weighted by atomic mass is 16.5. The minimum atomic E-state index is -0.577. The average molecular weight is 455 g/mol. The fraction of sp³-hybridized carbons (Fsp3) is 0.462. The van der Waals surface area contributed by atoms with Gasteiger partial charge in [-0.15, -0.1) is 0 Å². The van der Waals surface area contributed by atoms with Crippen LogP contribution in [-0.4, -0.2) is 51.1 Å². The van der Waals surface area contributed by atoms with Crippen molar-refractivity contribution in [3.8, 4) is 17.2 Å². The third-order valence-electron chi connectivity index (χ3n) is 5.90. The maximum absolute atomic E-state index is 13.6. The molecule has 0 radical (unpaired) electrons. The fourth-order valence-electron chi connectivity index (χ4n) is 4.42. The molecule has 1 aliphatic rings. The van der Waals surface area contributed by atoms with E-state index in [0.717, 1.165) is 17.5 Å². The molecule has 0 aliphatic carbocycles. The van der Waals surface area contributed by atoms with Gasteiger partial charge in [0.1, 0.15) is 0 Å². The van der Waals surface area contributed by atoms with Crippen molar-refractivity contribution in [2.45, 2.75) is 39.2 Å². The largest absolute Gasteiger partial charge is 0.493 e. The highest BCUT2D eigenvalue weighted by molar-refractivity contribution is 6.01. The van der Waals surface area contributed by atoms with Crippen molar-refractivity contribution >= 4 is 11.8 Å². The van der Waals surface area contributed by atoms with E-state index in [1.54, 1.807) is 32.3 Å². The van der Waals surface area contributed by atoms with Gasteiger partial charge in [-0.2, -0.15) is 0 Å². The quantitative estimate of drug-likeness (QED) is 0.615. The summed E-state index contributed by atoms with van der Waals surface area (Å²) in [4.78, 5) is 29.0. The Morgan fingerprint density at radius 3 is 2.24 bits per heavy atom. The van der Waals surface area contributed by atoms with Crippen LogP contribution in [0.25, 0.3) is 0 Å². The van der Waals surface area contributed by atoms with Crippen molar-refractivity contribution in [3.63, 3.8) is 0 Å². The van der Waals surface area contributed by atoms with Crippen LogP contribution in [0.15, 0.2) is 36.4 Å². The molecule has 2 amide bonds. The zero-order valence-corrected chi connectivity index (χ0v) is 20.3. The minimum absolute atomic E-state index is 0.0842. The number of methoxy groups -OCH3 is 3. The standard InChI is InChI=1S/C26H34N2O5/c1-7-12-28-23(17-13-20(31-4)24(33-6)21(14-17)32-5)22(25(29)27-15-16(2)3)18-10-8-9-11-19(18)26(28)30/h8-11,13-14,16,22-23H,7,12,15H2,1-6H3,(H,27,29). The monoisotopic (exact) mass is 454 g/mol. The zero-order chi connectivity index (χ0) is 24.1. The number of benzene rings is 2. The van der Waals surface area contributed by atoms with E-state index in [1.165, 1.54) is 0 Å². The van der Waals surface area contributed by atoms with Crippen LogP contribution in [0.4, 0.5) is 0 Å². The molecule has 0 saturated carbocycles. The van der Waals surface area contributed by atoms with Crippen molar-refractivity contribution < 1.29 is 23.8 Å². The summed E-state index contributed by atoms with van der Waals surface area (Å²) in [7, 11) is 4.66. The lowest BCUT2D eigenvalue weighted by molar-refractivity contribution is -0.124. The summed E-state index contributed by atoms with van der Waals surface area (Å²) in [5, 5.41) is 3.09. The summed E-state index contributed by atoms with van der Waals surface area (Å²) in [6.45, 7) is 7.20. The predicted molar refractivity (Wildman–Crippen MR) is 127 cm³/mol. The van der Waals surface area contributed by atoms with E-state index in [2.05, 4.69) is 19.2 Å². The minimum Gasteiger partial charge on any atom is -0.493 e. The zero-order valence-electron chi connectivity index (χ0n) is 20.3. The topological polar surface area (TPSA) is 77.1 Å². The summed E-state index contributed by atoms with van der Waals surface area (Å²) >= 11 is 0. The molecule has 7 nitrogen and oxygen atoms in total. The summed E-state index contributed by atoms with van der Waals surface area (Å²) in [6.07, 6.45) is 0.759.